The molecular weight excluding hydrogens is 259 g/mol. The molecule has 0 radical (unpaired) electrons. The molecule has 0 aliphatic heterocycles. The van der Waals surface area contributed by atoms with Crippen molar-refractivity contribution in [3.63, 3.8) is 0 Å². The van der Waals surface area contributed by atoms with Gasteiger partial charge in [0.15, 0.2) is 6.29 Å². The fourth-order valence-corrected chi connectivity index (χ4v) is 1.89. The summed E-state index contributed by atoms with van der Waals surface area (Å²) in [5.74, 6) is 0. The van der Waals surface area contributed by atoms with Crippen molar-refractivity contribution in [2.24, 2.45) is 0 Å². The minimum absolute atomic E-state index is 0.331. The lowest BCUT2D eigenvalue weighted by atomic mass is 10.2. The first-order chi connectivity index (χ1) is 8.15. The first kappa shape index (κ1) is 14.5. The van der Waals surface area contributed by atoms with E-state index in [9.17, 15) is 0 Å². The van der Waals surface area contributed by atoms with Gasteiger partial charge >= 0.3 is 0 Å². The Kier molecular flexibility index (Phi) is 6.60. The van der Waals surface area contributed by atoms with Gasteiger partial charge in [-0.25, -0.2) is 0 Å². The van der Waals surface area contributed by atoms with Crippen molar-refractivity contribution in [2.75, 3.05) is 13.2 Å². The van der Waals surface area contributed by atoms with Gasteiger partial charge in [-0.1, -0.05) is 29.3 Å². The second kappa shape index (κ2) is 7.72. The number of hydrogen-bond acceptors (Lipinski definition) is 2. The Morgan fingerprint density at radius 3 is 2.06 bits per heavy atom. The van der Waals surface area contributed by atoms with Crippen LogP contribution in [0, 0.1) is 0 Å². The molecule has 0 bridgehead atoms. The normalized spacial score (nSPS) is 11.6. The van der Waals surface area contributed by atoms with E-state index < -0.39 is 0 Å². The SMILES string of the molecule is CCOC(C=Cc1cc(Cl)cc(Cl)c1)OCC. The van der Waals surface area contributed by atoms with Gasteiger partial charge in [0.25, 0.3) is 0 Å². The zero-order chi connectivity index (χ0) is 12.7. The summed E-state index contributed by atoms with van der Waals surface area (Å²) >= 11 is 11.8. The molecule has 0 N–H and O–H groups in total. The third-order valence-corrected chi connectivity index (χ3v) is 2.43. The molecule has 1 aromatic rings. The highest BCUT2D eigenvalue weighted by Crippen LogP contribution is 2.20. The van der Waals surface area contributed by atoms with Gasteiger partial charge in [0.1, 0.15) is 0 Å². The van der Waals surface area contributed by atoms with Gasteiger partial charge in [-0.2, -0.15) is 0 Å². The highest BCUT2D eigenvalue weighted by atomic mass is 35.5. The fraction of sp³-hybridized carbons (Fsp3) is 0.385. The summed E-state index contributed by atoms with van der Waals surface area (Å²) in [6.45, 7) is 5.06. The molecule has 17 heavy (non-hydrogen) atoms. The van der Waals surface area contributed by atoms with Crippen molar-refractivity contribution in [3.05, 3.63) is 39.9 Å². The minimum atomic E-state index is -0.331. The predicted octanol–water partition coefficient (Wildman–Crippen LogP) is 4.41. The monoisotopic (exact) mass is 274 g/mol. The molecule has 0 amide bonds. The van der Waals surface area contributed by atoms with Crippen LogP contribution in [-0.2, 0) is 9.47 Å². The number of ether oxygens (including phenoxy) is 2. The zero-order valence-electron chi connectivity index (χ0n) is 9.95. The molecule has 94 valence electrons. The molecule has 0 spiro atoms. The summed E-state index contributed by atoms with van der Waals surface area (Å²) < 4.78 is 10.8. The van der Waals surface area contributed by atoms with Crippen LogP contribution in [-0.4, -0.2) is 19.5 Å². The van der Waals surface area contributed by atoms with Gasteiger partial charge in [0.05, 0.1) is 0 Å². The van der Waals surface area contributed by atoms with E-state index in [2.05, 4.69) is 0 Å². The van der Waals surface area contributed by atoms with Crippen LogP contribution in [0.3, 0.4) is 0 Å². The molecule has 0 aromatic heterocycles. The van der Waals surface area contributed by atoms with Crippen LogP contribution in [0.25, 0.3) is 6.08 Å². The smallest absolute Gasteiger partial charge is 0.177 e. The molecule has 0 saturated heterocycles. The van der Waals surface area contributed by atoms with Crippen molar-refractivity contribution in [1.82, 2.24) is 0 Å². The van der Waals surface area contributed by atoms with Crippen molar-refractivity contribution in [2.45, 2.75) is 20.1 Å². The summed E-state index contributed by atoms with van der Waals surface area (Å²) in [6.07, 6.45) is 3.39. The standard InChI is InChI=1S/C13H16Cl2O2/c1-3-16-13(17-4-2)6-5-10-7-11(14)9-12(15)8-10/h5-9,13H,3-4H2,1-2H3. The first-order valence-electron chi connectivity index (χ1n) is 5.53. The molecular formula is C13H16Cl2O2. The lowest BCUT2D eigenvalue weighted by Gasteiger charge is -2.12. The quantitative estimate of drug-likeness (QED) is 0.716. The molecule has 0 unspecified atom stereocenters. The second-order valence-corrected chi connectivity index (χ2v) is 4.21. The Morgan fingerprint density at radius 1 is 1.06 bits per heavy atom. The molecule has 0 saturated carbocycles. The summed E-state index contributed by atoms with van der Waals surface area (Å²) in [4.78, 5) is 0. The lowest BCUT2D eigenvalue weighted by molar-refractivity contribution is -0.103. The van der Waals surface area contributed by atoms with Crippen molar-refractivity contribution < 1.29 is 9.47 Å². The second-order valence-electron chi connectivity index (χ2n) is 3.34. The van der Waals surface area contributed by atoms with Gasteiger partial charge in [0.2, 0.25) is 0 Å². The summed E-state index contributed by atoms with van der Waals surface area (Å²) in [5.41, 5.74) is 0.923. The first-order valence-corrected chi connectivity index (χ1v) is 6.28. The van der Waals surface area contributed by atoms with Crippen LogP contribution >= 0.6 is 23.2 Å². The molecule has 1 rings (SSSR count). The van der Waals surface area contributed by atoms with Crippen molar-refractivity contribution in [3.8, 4) is 0 Å². The Labute approximate surface area is 112 Å². The summed E-state index contributed by atoms with van der Waals surface area (Å²) in [7, 11) is 0. The van der Waals surface area contributed by atoms with E-state index in [0.29, 0.717) is 23.3 Å². The maximum Gasteiger partial charge on any atom is 0.177 e. The van der Waals surface area contributed by atoms with E-state index in [-0.39, 0.29) is 6.29 Å². The van der Waals surface area contributed by atoms with Crippen LogP contribution in [0.15, 0.2) is 24.3 Å². The van der Waals surface area contributed by atoms with Crippen LogP contribution in [0.1, 0.15) is 19.4 Å². The Balaban J connectivity index is 2.72. The fourth-order valence-electron chi connectivity index (χ4n) is 1.35. The molecule has 4 heteroatoms. The van der Waals surface area contributed by atoms with Gasteiger partial charge in [0, 0.05) is 23.3 Å². The Hall–Kier alpha value is -0.540. The highest BCUT2D eigenvalue weighted by molar-refractivity contribution is 6.34. The van der Waals surface area contributed by atoms with E-state index in [1.165, 1.54) is 0 Å². The number of hydrogen-bond donors (Lipinski definition) is 0. The van der Waals surface area contributed by atoms with Crippen LogP contribution < -0.4 is 0 Å². The van der Waals surface area contributed by atoms with E-state index >= 15 is 0 Å². The number of halogens is 2. The summed E-state index contributed by atoms with van der Waals surface area (Å²) in [5, 5.41) is 1.23. The van der Waals surface area contributed by atoms with Crippen LogP contribution in [0.4, 0.5) is 0 Å². The largest absolute Gasteiger partial charge is 0.349 e. The number of rotatable bonds is 6. The molecule has 0 fully saturated rings. The molecule has 1 aromatic carbocycles. The van der Waals surface area contributed by atoms with E-state index in [1.807, 2.05) is 38.1 Å². The van der Waals surface area contributed by atoms with Gasteiger partial charge in [-0.15, -0.1) is 0 Å². The van der Waals surface area contributed by atoms with E-state index in [1.54, 1.807) is 6.07 Å². The van der Waals surface area contributed by atoms with E-state index in [0.717, 1.165) is 5.56 Å². The Bertz CT molecular complexity index is 351. The molecule has 0 aliphatic carbocycles. The average Bonchev–Trinajstić information content (AvgIpc) is 2.25. The third kappa shape index (κ3) is 5.55. The molecule has 2 nitrogen and oxygen atoms in total. The molecule has 0 atom stereocenters. The van der Waals surface area contributed by atoms with Crippen molar-refractivity contribution in [1.29, 1.82) is 0 Å². The zero-order valence-corrected chi connectivity index (χ0v) is 11.5. The van der Waals surface area contributed by atoms with Crippen molar-refractivity contribution >= 4 is 29.3 Å². The van der Waals surface area contributed by atoms with E-state index in [4.69, 9.17) is 32.7 Å². The average molecular weight is 275 g/mol. The predicted molar refractivity (Wildman–Crippen MR) is 72.5 cm³/mol. The topological polar surface area (TPSA) is 18.5 Å². The van der Waals surface area contributed by atoms with Gasteiger partial charge in [-0.3, -0.25) is 0 Å². The Morgan fingerprint density at radius 2 is 1.59 bits per heavy atom. The van der Waals surface area contributed by atoms with Crippen LogP contribution in [0.2, 0.25) is 10.0 Å². The lowest BCUT2D eigenvalue weighted by Crippen LogP contribution is -2.13. The maximum atomic E-state index is 5.91. The maximum absolute atomic E-state index is 5.91. The molecule has 0 heterocycles. The van der Waals surface area contributed by atoms with Gasteiger partial charge in [-0.05, 0) is 43.7 Å². The van der Waals surface area contributed by atoms with Gasteiger partial charge < -0.3 is 9.47 Å². The summed E-state index contributed by atoms with van der Waals surface area (Å²) in [6, 6.07) is 5.36. The van der Waals surface area contributed by atoms with Crippen LogP contribution in [0.5, 0.6) is 0 Å². The third-order valence-electron chi connectivity index (χ3n) is 1.99. The number of benzene rings is 1. The molecule has 0 aliphatic rings. The highest BCUT2D eigenvalue weighted by Gasteiger charge is 2.02. The minimum Gasteiger partial charge on any atom is -0.349 e.